The first kappa shape index (κ1) is 10.8. The van der Waals surface area contributed by atoms with Crippen molar-refractivity contribution in [3.05, 3.63) is 18.1 Å². The second kappa shape index (κ2) is 4.85. The van der Waals surface area contributed by atoms with Gasteiger partial charge in [0.25, 0.3) is 0 Å². The van der Waals surface area contributed by atoms with Crippen molar-refractivity contribution in [2.24, 2.45) is 5.73 Å². The van der Waals surface area contributed by atoms with Crippen LogP contribution < -0.4 is 10.5 Å². The van der Waals surface area contributed by atoms with Crippen molar-refractivity contribution >= 4 is 17.2 Å². The normalized spacial score (nSPS) is 12.1. The first-order chi connectivity index (χ1) is 6.65. The van der Waals surface area contributed by atoms with E-state index in [-0.39, 0.29) is 11.1 Å². The van der Waals surface area contributed by atoms with Crippen LogP contribution in [0.25, 0.3) is 0 Å². The van der Waals surface area contributed by atoms with E-state index in [1.54, 1.807) is 6.20 Å². The Hall–Kier alpha value is -1.23. The van der Waals surface area contributed by atoms with Gasteiger partial charge in [-0.25, -0.2) is 9.97 Å². The molecule has 1 atom stereocenters. The number of hydrogen-bond acceptors (Lipinski definition) is 4. The summed E-state index contributed by atoms with van der Waals surface area (Å²) in [5.41, 5.74) is 5.93. The lowest BCUT2D eigenvalue weighted by molar-refractivity contribution is 0.207. The van der Waals surface area contributed by atoms with Gasteiger partial charge < -0.3 is 10.5 Å². The first-order valence-electron chi connectivity index (χ1n) is 4.42. The minimum Gasteiger partial charge on any atom is -0.473 e. The Kier molecular flexibility index (Phi) is 3.76. The average Bonchev–Trinajstić information content (AvgIpc) is 2.18. The molecule has 0 spiro atoms. The van der Waals surface area contributed by atoms with E-state index in [9.17, 15) is 0 Å². The number of nitrogens with two attached hydrogens (primary N) is 1. The average molecular weight is 211 g/mol. The number of thiocarbonyl (C=S) groups is 1. The highest BCUT2D eigenvalue weighted by Crippen LogP contribution is 2.13. The van der Waals surface area contributed by atoms with E-state index < -0.39 is 0 Å². The van der Waals surface area contributed by atoms with Crippen LogP contribution >= 0.6 is 12.2 Å². The first-order valence-corrected chi connectivity index (χ1v) is 4.83. The number of ether oxygens (including phenoxy) is 1. The molecule has 0 fully saturated rings. The van der Waals surface area contributed by atoms with Crippen molar-refractivity contribution in [2.75, 3.05) is 0 Å². The lowest BCUT2D eigenvalue weighted by atomic mass is 10.3. The van der Waals surface area contributed by atoms with E-state index in [1.807, 2.05) is 13.8 Å². The van der Waals surface area contributed by atoms with E-state index >= 15 is 0 Å². The maximum atomic E-state index is 5.51. The van der Waals surface area contributed by atoms with Gasteiger partial charge in [-0.2, -0.15) is 0 Å². The molecular weight excluding hydrogens is 198 g/mol. The summed E-state index contributed by atoms with van der Waals surface area (Å²) in [7, 11) is 0. The number of nitrogens with zero attached hydrogens (tertiary/aromatic N) is 2. The summed E-state index contributed by atoms with van der Waals surface area (Å²) in [4.78, 5) is 8.25. The minimum absolute atomic E-state index is 0.0831. The fraction of sp³-hybridized carbons (Fsp3) is 0.444. The van der Waals surface area contributed by atoms with E-state index in [4.69, 9.17) is 22.7 Å². The Morgan fingerprint density at radius 3 is 2.79 bits per heavy atom. The van der Waals surface area contributed by atoms with Gasteiger partial charge in [0, 0.05) is 12.4 Å². The molecule has 0 saturated heterocycles. The lowest BCUT2D eigenvalue weighted by Gasteiger charge is -2.13. The molecule has 1 aromatic rings. The monoisotopic (exact) mass is 211 g/mol. The number of hydrogen-bond donors (Lipinski definition) is 1. The lowest BCUT2D eigenvalue weighted by Crippen LogP contribution is -2.18. The molecule has 5 heteroatoms. The molecular formula is C9H13N3OS. The van der Waals surface area contributed by atoms with E-state index in [0.29, 0.717) is 11.6 Å². The van der Waals surface area contributed by atoms with Gasteiger partial charge in [-0.15, -0.1) is 0 Å². The van der Waals surface area contributed by atoms with Crippen molar-refractivity contribution < 1.29 is 4.74 Å². The van der Waals surface area contributed by atoms with Crippen molar-refractivity contribution in [3.8, 4) is 5.88 Å². The molecule has 1 unspecified atom stereocenters. The van der Waals surface area contributed by atoms with Gasteiger partial charge in [0.2, 0.25) is 5.88 Å². The maximum absolute atomic E-state index is 5.51. The molecule has 0 bridgehead atoms. The van der Waals surface area contributed by atoms with Gasteiger partial charge in [-0.05, 0) is 13.3 Å². The van der Waals surface area contributed by atoms with Crippen LogP contribution in [0.5, 0.6) is 5.88 Å². The molecule has 0 aliphatic heterocycles. The molecule has 0 radical (unpaired) electrons. The van der Waals surface area contributed by atoms with Gasteiger partial charge in [0.1, 0.15) is 4.99 Å². The van der Waals surface area contributed by atoms with Crippen molar-refractivity contribution in [2.45, 2.75) is 26.4 Å². The Labute approximate surface area is 88.5 Å². The van der Waals surface area contributed by atoms with Gasteiger partial charge in [0.15, 0.2) is 5.69 Å². The van der Waals surface area contributed by atoms with E-state index in [1.165, 1.54) is 6.20 Å². The summed E-state index contributed by atoms with van der Waals surface area (Å²) in [6.07, 6.45) is 4.07. The smallest absolute Gasteiger partial charge is 0.243 e. The molecule has 2 N–H and O–H groups in total. The molecule has 0 amide bonds. The Balaban J connectivity index is 2.90. The molecule has 0 aromatic carbocycles. The highest BCUT2D eigenvalue weighted by molar-refractivity contribution is 7.80. The summed E-state index contributed by atoms with van der Waals surface area (Å²) in [6, 6.07) is 0. The predicted molar refractivity (Wildman–Crippen MR) is 58.3 cm³/mol. The molecule has 1 aromatic heterocycles. The molecule has 76 valence electrons. The molecule has 0 aliphatic rings. The zero-order valence-corrected chi connectivity index (χ0v) is 9.04. The number of aromatic nitrogens is 2. The summed E-state index contributed by atoms with van der Waals surface area (Å²) in [5, 5.41) is 0. The molecule has 14 heavy (non-hydrogen) atoms. The molecule has 0 aliphatic carbocycles. The summed E-state index contributed by atoms with van der Waals surface area (Å²) < 4.78 is 5.51. The molecule has 1 heterocycles. The van der Waals surface area contributed by atoms with E-state index in [2.05, 4.69) is 9.97 Å². The van der Waals surface area contributed by atoms with Crippen LogP contribution in [0.1, 0.15) is 26.0 Å². The molecule has 1 rings (SSSR count). The van der Waals surface area contributed by atoms with Gasteiger partial charge >= 0.3 is 0 Å². The SMILES string of the molecule is CCC(C)Oc1nccnc1C(N)=S. The third-order valence-electron chi connectivity index (χ3n) is 1.79. The van der Waals surface area contributed by atoms with E-state index in [0.717, 1.165) is 6.42 Å². The summed E-state index contributed by atoms with van der Waals surface area (Å²) in [5.74, 6) is 0.411. The standard InChI is InChI=1S/C9H13N3OS/c1-3-6(2)13-9-7(8(10)14)11-4-5-12-9/h4-6H,3H2,1-2H3,(H2,10,14). The zero-order valence-electron chi connectivity index (χ0n) is 8.23. The topological polar surface area (TPSA) is 61.0 Å². The predicted octanol–water partition coefficient (Wildman–Crippen LogP) is 1.29. The summed E-state index contributed by atoms with van der Waals surface area (Å²) in [6.45, 7) is 3.99. The largest absolute Gasteiger partial charge is 0.473 e. The maximum Gasteiger partial charge on any atom is 0.243 e. The Morgan fingerprint density at radius 2 is 2.21 bits per heavy atom. The molecule has 0 saturated carbocycles. The summed E-state index contributed by atoms with van der Waals surface area (Å²) >= 11 is 4.83. The van der Waals surface area contributed by atoms with Crippen LogP contribution in [0, 0.1) is 0 Å². The highest BCUT2D eigenvalue weighted by Gasteiger charge is 2.11. The minimum atomic E-state index is 0.0831. The van der Waals surface area contributed by atoms with Crippen LogP contribution in [0.2, 0.25) is 0 Å². The zero-order chi connectivity index (χ0) is 10.6. The third kappa shape index (κ3) is 2.63. The van der Waals surface area contributed by atoms with Gasteiger partial charge in [-0.1, -0.05) is 19.1 Å². The van der Waals surface area contributed by atoms with Crippen LogP contribution in [0.3, 0.4) is 0 Å². The van der Waals surface area contributed by atoms with Crippen LogP contribution in [0.15, 0.2) is 12.4 Å². The highest BCUT2D eigenvalue weighted by atomic mass is 32.1. The van der Waals surface area contributed by atoms with Crippen molar-refractivity contribution in [1.29, 1.82) is 0 Å². The Bertz CT molecular complexity index is 330. The van der Waals surface area contributed by atoms with Gasteiger partial charge in [0.05, 0.1) is 6.10 Å². The Morgan fingerprint density at radius 1 is 1.57 bits per heavy atom. The van der Waals surface area contributed by atoms with Crippen LogP contribution in [0.4, 0.5) is 0 Å². The van der Waals surface area contributed by atoms with Crippen molar-refractivity contribution in [1.82, 2.24) is 9.97 Å². The second-order valence-electron chi connectivity index (χ2n) is 2.91. The fourth-order valence-corrected chi connectivity index (χ4v) is 0.994. The van der Waals surface area contributed by atoms with Crippen LogP contribution in [-0.2, 0) is 0 Å². The molecule has 4 nitrogen and oxygen atoms in total. The quantitative estimate of drug-likeness (QED) is 0.760. The van der Waals surface area contributed by atoms with Crippen LogP contribution in [-0.4, -0.2) is 21.1 Å². The van der Waals surface area contributed by atoms with Gasteiger partial charge in [-0.3, -0.25) is 0 Å². The third-order valence-corrected chi connectivity index (χ3v) is 1.98. The fourth-order valence-electron chi connectivity index (χ4n) is 0.854. The second-order valence-corrected chi connectivity index (χ2v) is 3.35. The van der Waals surface area contributed by atoms with Crippen molar-refractivity contribution in [3.63, 3.8) is 0 Å². The number of rotatable bonds is 4.